The number of nitrogens with zero attached hydrogens (tertiary/aromatic N) is 1. The summed E-state index contributed by atoms with van der Waals surface area (Å²) in [6.07, 6.45) is 7.62. The number of allylic oxidation sites excluding steroid dienone is 1. The summed E-state index contributed by atoms with van der Waals surface area (Å²) in [6.45, 7) is 25.0. The van der Waals surface area contributed by atoms with E-state index in [0.29, 0.717) is 13.0 Å². The van der Waals surface area contributed by atoms with E-state index in [1.807, 2.05) is 36.1 Å². The molecule has 0 aliphatic carbocycles. The van der Waals surface area contributed by atoms with Crippen LogP contribution >= 0.6 is 0 Å². The van der Waals surface area contributed by atoms with Crippen molar-refractivity contribution >= 4 is 19.9 Å². The quantitative estimate of drug-likeness (QED) is 0.218. The van der Waals surface area contributed by atoms with Crippen molar-refractivity contribution in [3.8, 4) is 11.5 Å². The van der Waals surface area contributed by atoms with Crippen molar-refractivity contribution in [2.45, 2.75) is 137 Å². The van der Waals surface area contributed by atoms with E-state index in [1.54, 1.807) is 0 Å². The number of carbonyl (C=O) groups excluding carboxylic acids is 1. The highest BCUT2D eigenvalue weighted by Crippen LogP contribution is 2.41. The van der Waals surface area contributed by atoms with Crippen molar-refractivity contribution in [2.75, 3.05) is 11.5 Å². The van der Waals surface area contributed by atoms with E-state index in [9.17, 15) is 4.79 Å². The Labute approximate surface area is 263 Å². The largest absolute Gasteiger partial charge is 0.543 e. The summed E-state index contributed by atoms with van der Waals surface area (Å²) >= 11 is 0. The number of aryl methyl sites for hydroxylation is 2. The molecular weight excluding hydrogens is 549 g/mol. The van der Waals surface area contributed by atoms with Gasteiger partial charge in [0.1, 0.15) is 17.2 Å². The molecule has 1 heterocycles. The Bertz CT molecular complexity index is 1240. The molecule has 2 aromatic rings. The van der Waals surface area contributed by atoms with E-state index >= 15 is 0 Å². The second-order valence-corrected chi connectivity index (χ2v) is 18.8. The average Bonchev–Trinajstić information content (AvgIpc) is 2.91. The van der Waals surface area contributed by atoms with Gasteiger partial charge in [0, 0.05) is 23.4 Å². The number of carbonyl (C=O) groups is 1. The van der Waals surface area contributed by atoms with E-state index in [2.05, 4.69) is 85.9 Å². The third kappa shape index (κ3) is 8.26. The minimum atomic E-state index is -2.02. The highest BCUT2D eigenvalue weighted by Gasteiger charge is 2.41. The van der Waals surface area contributed by atoms with Crippen LogP contribution in [0.15, 0.2) is 47.7 Å². The lowest BCUT2D eigenvalue weighted by Crippen LogP contribution is -2.61. The normalized spacial score (nSPS) is 15.5. The lowest BCUT2D eigenvalue weighted by molar-refractivity contribution is -0.117. The molecule has 0 saturated heterocycles. The molecule has 0 aromatic heterocycles. The Balaban J connectivity index is 2.11. The summed E-state index contributed by atoms with van der Waals surface area (Å²) in [5.74, 6) is 1.99. The molecule has 6 heteroatoms. The van der Waals surface area contributed by atoms with Gasteiger partial charge in [0.2, 0.25) is 0 Å². The number of nitrogens with one attached hydrogen (secondary N) is 1. The van der Waals surface area contributed by atoms with Crippen molar-refractivity contribution in [3.05, 3.63) is 64.4 Å². The topological polar surface area (TPSA) is 50.8 Å². The molecule has 238 valence electrons. The summed E-state index contributed by atoms with van der Waals surface area (Å²) in [4.78, 5) is 16.4. The predicted molar refractivity (Wildman–Crippen MR) is 185 cm³/mol. The molecule has 3 rings (SSSR count). The number of hydrogen-bond acceptors (Lipinski definition) is 4. The second kappa shape index (κ2) is 14.4. The van der Waals surface area contributed by atoms with Crippen LogP contribution in [-0.2, 0) is 24.1 Å². The van der Waals surface area contributed by atoms with E-state index in [1.165, 1.54) is 16.7 Å². The zero-order chi connectivity index (χ0) is 32.0. The molecule has 0 radical (unpaired) electrons. The molecule has 0 fully saturated rings. The number of benzene rings is 2. The monoisotopic (exact) mass is 606 g/mol. The van der Waals surface area contributed by atoms with Gasteiger partial charge in [-0.15, -0.1) is 0 Å². The second-order valence-electron chi connectivity index (χ2n) is 14.1. The van der Waals surface area contributed by atoms with Gasteiger partial charge in [-0.05, 0) is 106 Å². The SMILES string of the molecule is CCCCC1=C(Cc2cc(CCC)c(O[Si](C)(C)C(C)(C)C)c(CCC)c2)C(=O)N(c2ccc(OCC)cc2)C(C)(C)N1. The van der Waals surface area contributed by atoms with Crippen LogP contribution in [0, 0.1) is 0 Å². The third-order valence-corrected chi connectivity index (χ3v) is 13.2. The van der Waals surface area contributed by atoms with Gasteiger partial charge in [-0.1, -0.05) is 72.9 Å². The maximum absolute atomic E-state index is 14.5. The van der Waals surface area contributed by atoms with E-state index in [4.69, 9.17) is 9.16 Å². The smallest absolute Gasteiger partial charge is 0.258 e. The first-order chi connectivity index (χ1) is 20.2. The van der Waals surface area contributed by atoms with Crippen molar-refractivity contribution < 1.29 is 14.0 Å². The lowest BCUT2D eigenvalue weighted by Gasteiger charge is -2.45. The Morgan fingerprint density at radius 3 is 1.95 bits per heavy atom. The van der Waals surface area contributed by atoms with Crippen LogP contribution in [0.5, 0.6) is 11.5 Å². The van der Waals surface area contributed by atoms with Gasteiger partial charge in [0.05, 0.1) is 6.61 Å². The van der Waals surface area contributed by atoms with Crippen LogP contribution in [-0.4, -0.2) is 26.5 Å². The molecule has 0 saturated carbocycles. The predicted octanol–water partition coefficient (Wildman–Crippen LogP) is 9.73. The summed E-state index contributed by atoms with van der Waals surface area (Å²) < 4.78 is 12.7. The van der Waals surface area contributed by atoms with Crippen LogP contribution in [0.3, 0.4) is 0 Å². The Morgan fingerprint density at radius 1 is 0.884 bits per heavy atom. The minimum Gasteiger partial charge on any atom is -0.543 e. The highest BCUT2D eigenvalue weighted by molar-refractivity contribution is 6.74. The molecule has 1 N–H and O–H groups in total. The van der Waals surface area contributed by atoms with Crippen LogP contribution < -0.4 is 19.4 Å². The number of unbranched alkanes of at least 4 members (excludes halogenated alkanes) is 1. The van der Waals surface area contributed by atoms with Gasteiger partial charge in [0.15, 0.2) is 0 Å². The number of ether oxygens (including phenoxy) is 1. The fourth-order valence-corrected chi connectivity index (χ4v) is 6.73. The highest BCUT2D eigenvalue weighted by atomic mass is 28.4. The van der Waals surface area contributed by atoms with Gasteiger partial charge in [-0.2, -0.15) is 0 Å². The first kappa shape index (κ1) is 34.8. The molecule has 43 heavy (non-hydrogen) atoms. The fourth-order valence-electron chi connectivity index (χ4n) is 5.65. The molecule has 1 amide bonds. The minimum absolute atomic E-state index is 0.0784. The first-order valence-electron chi connectivity index (χ1n) is 16.6. The Kier molecular flexibility index (Phi) is 11.6. The number of rotatable bonds is 14. The van der Waals surface area contributed by atoms with Crippen molar-refractivity contribution in [2.24, 2.45) is 0 Å². The van der Waals surface area contributed by atoms with Gasteiger partial charge < -0.3 is 14.5 Å². The van der Waals surface area contributed by atoms with Gasteiger partial charge in [-0.3, -0.25) is 9.69 Å². The molecular formula is C37H58N2O3Si. The van der Waals surface area contributed by atoms with Crippen LogP contribution in [0.4, 0.5) is 5.69 Å². The maximum Gasteiger partial charge on any atom is 0.258 e. The zero-order valence-corrected chi connectivity index (χ0v) is 30.0. The van der Waals surface area contributed by atoms with Crippen LogP contribution in [0.25, 0.3) is 0 Å². The standard InChI is InChI=1S/C37H58N2O3Si/c1-12-16-19-33-32(35(40)39(37(8,9)38-33)30-20-22-31(23-21-30)41-15-4)26-27-24-28(17-13-2)34(29(25-27)18-14-3)42-43(10,11)36(5,6)7/h20-25,38H,12-19,26H2,1-11H3. The van der Waals surface area contributed by atoms with E-state index in [-0.39, 0.29) is 10.9 Å². The van der Waals surface area contributed by atoms with Gasteiger partial charge >= 0.3 is 0 Å². The van der Waals surface area contributed by atoms with E-state index < -0.39 is 14.0 Å². The summed E-state index contributed by atoms with van der Waals surface area (Å²) in [5, 5.41) is 3.91. The van der Waals surface area contributed by atoms with Crippen molar-refractivity contribution in [1.82, 2.24) is 5.32 Å². The lowest BCUT2D eigenvalue weighted by atomic mass is 9.91. The van der Waals surface area contributed by atoms with Crippen molar-refractivity contribution in [1.29, 1.82) is 0 Å². The zero-order valence-electron chi connectivity index (χ0n) is 29.0. The van der Waals surface area contributed by atoms with E-state index in [0.717, 1.165) is 73.4 Å². The van der Waals surface area contributed by atoms with Crippen LogP contribution in [0.1, 0.15) is 111 Å². The maximum atomic E-state index is 14.5. The van der Waals surface area contributed by atoms with Gasteiger partial charge in [0.25, 0.3) is 14.2 Å². The molecule has 0 bridgehead atoms. The molecule has 0 spiro atoms. The molecule has 0 unspecified atom stereocenters. The Hall–Kier alpha value is -2.73. The summed E-state index contributed by atoms with van der Waals surface area (Å²) in [7, 11) is -2.02. The third-order valence-electron chi connectivity index (χ3n) is 8.91. The van der Waals surface area contributed by atoms with Gasteiger partial charge in [-0.25, -0.2) is 0 Å². The summed E-state index contributed by atoms with van der Waals surface area (Å²) in [5.41, 5.74) is 6.01. The van der Waals surface area contributed by atoms with Crippen LogP contribution in [0.2, 0.25) is 18.1 Å². The molecule has 0 atom stereocenters. The first-order valence-corrected chi connectivity index (χ1v) is 19.5. The number of amides is 1. The fraction of sp³-hybridized carbons (Fsp3) is 0.595. The Morgan fingerprint density at radius 2 is 1.47 bits per heavy atom. The average molecular weight is 607 g/mol. The summed E-state index contributed by atoms with van der Waals surface area (Å²) in [6, 6.07) is 12.5. The molecule has 1 aliphatic heterocycles. The molecule has 5 nitrogen and oxygen atoms in total. The molecule has 1 aliphatic rings. The number of hydrogen-bond donors (Lipinski definition) is 1. The molecule has 2 aromatic carbocycles. The number of anilines is 1. The van der Waals surface area contributed by atoms with Crippen molar-refractivity contribution in [3.63, 3.8) is 0 Å².